The zero-order chi connectivity index (χ0) is 17.9. The van der Waals surface area contributed by atoms with Crippen molar-refractivity contribution in [3.05, 3.63) is 60.2 Å². The molecule has 2 aliphatic heterocycles. The van der Waals surface area contributed by atoms with E-state index >= 15 is 0 Å². The van der Waals surface area contributed by atoms with Crippen molar-refractivity contribution < 1.29 is 4.79 Å². The molecule has 0 bridgehead atoms. The SMILES string of the molecule is CN1CCCC[C@@H]2[C@H]1[C@@H](c1ccccc1)CCN2C(=O)c1cnccn1. The average molecular weight is 350 g/mol. The highest BCUT2D eigenvalue weighted by Gasteiger charge is 2.43. The lowest BCUT2D eigenvalue weighted by Gasteiger charge is -2.48. The van der Waals surface area contributed by atoms with E-state index in [0.29, 0.717) is 17.7 Å². The van der Waals surface area contributed by atoms with Crippen molar-refractivity contribution in [2.45, 2.75) is 43.7 Å². The van der Waals surface area contributed by atoms with Crippen LogP contribution in [0.5, 0.6) is 0 Å². The fourth-order valence-corrected chi connectivity index (χ4v) is 4.73. The van der Waals surface area contributed by atoms with Gasteiger partial charge in [-0.1, -0.05) is 36.8 Å². The van der Waals surface area contributed by atoms with E-state index in [-0.39, 0.29) is 11.9 Å². The molecular weight excluding hydrogens is 324 g/mol. The normalized spacial score (nSPS) is 26.8. The summed E-state index contributed by atoms with van der Waals surface area (Å²) in [5.74, 6) is 0.491. The van der Waals surface area contributed by atoms with Crippen molar-refractivity contribution in [1.29, 1.82) is 0 Å². The summed E-state index contributed by atoms with van der Waals surface area (Å²) in [6.45, 7) is 1.88. The lowest BCUT2D eigenvalue weighted by Crippen LogP contribution is -2.58. The quantitative estimate of drug-likeness (QED) is 0.835. The van der Waals surface area contributed by atoms with Crippen molar-refractivity contribution in [2.24, 2.45) is 0 Å². The molecule has 3 heterocycles. The van der Waals surface area contributed by atoms with E-state index in [1.54, 1.807) is 18.6 Å². The van der Waals surface area contributed by atoms with Crippen LogP contribution in [0.2, 0.25) is 0 Å². The predicted octanol–water partition coefficient (Wildman–Crippen LogP) is 2.96. The van der Waals surface area contributed by atoms with Crippen molar-refractivity contribution in [3.63, 3.8) is 0 Å². The van der Waals surface area contributed by atoms with E-state index in [2.05, 4.69) is 57.1 Å². The number of fused-ring (bicyclic) bond motifs is 1. The molecule has 26 heavy (non-hydrogen) atoms. The fraction of sp³-hybridized carbons (Fsp3) is 0.476. The van der Waals surface area contributed by atoms with Crippen LogP contribution < -0.4 is 0 Å². The lowest BCUT2D eigenvalue weighted by atomic mass is 9.79. The first-order valence-corrected chi connectivity index (χ1v) is 9.58. The molecule has 2 fully saturated rings. The Bertz CT molecular complexity index is 736. The smallest absolute Gasteiger partial charge is 0.274 e. The minimum Gasteiger partial charge on any atom is -0.333 e. The van der Waals surface area contributed by atoms with Crippen LogP contribution in [0.25, 0.3) is 0 Å². The number of piperidine rings is 1. The summed E-state index contributed by atoms with van der Waals surface area (Å²) in [4.78, 5) is 26.0. The first-order valence-electron chi connectivity index (χ1n) is 9.58. The van der Waals surface area contributed by atoms with Gasteiger partial charge in [-0.2, -0.15) is 0 Å². The van der Waals surface area contributed by atoms with Crippen LogP contribution in [-0.4, -0.2) is 57.9 Å². The molecule has 0 aliphatic carbocycles. The molecule has 1 aromatic heterocycles. The maximum Gasteiger partial charge on any atom is 0.274 e. The second-order valence-electron chi connectivity index (χ2n) is 7.43. The number of likely N-dealkylation sites (tertiary alicyclic amines) is 2. The predicted molar refractivity (Wildman–Crippen MR) is 101 cm³/mol. The molecule has 4 rings (SSSR count). The second kappa shape index (κ2) is 7.54. The molecule has 0 unspecified atom stereocenters. The van der Waals surface area contributed by atoms with E-state index in [1.807, 2.05) is 0 Å². The molecule has 2 saturated heterocycles. The third kappa shape index (κ3) is 3.23. The van der Waals surface area contributed by atoms with E-state index in [4.69, 9.17) is 0 Å². The zero-order valence-corrected chi connectivity index (χ0v) is 15.3. The summed E-state index contributed by atoms with van der Waals surface area (Å²) in [6.07, 6.45) is 9.20. The summed E-state index contributed by atoms with van der Waals surface area (Å²) in [6, 6.07) is 11.4. The zero-order valence-electron chi connectivity index (χ0n) is 15.3. The summed E-state index contributed by atoms with van der Waals surface area (Å²) in [5, 5.41) is 0. The van der Waals surface area contributed by atoms with Crippen LogP contribution in [0, 0.1) is 0 Å². The minimum absolute atomic E-state index is 0.0231. The molecule has 3 atom stereocenters. The van der Waals surface area contributed by atoms with Gasteiger partial charge in [-0.3, -0.25) is 9.78 Å². The average Bonchev–Trinajstić information content (AvgIpc) is 2.90. The molecule has 0 spiro atoms. The van der Waals surface area contributed by atoms with Crippen molar-refractivity contribution in [2.75, 3.05) is 20.1 Å². The number of rotatable bonds is 2. The highest BCUT2D eigenvalue weighted by atomic mass is 16.2. The Morgan fingerprint density at radius 2 is 1.92 bits per heavy atom. The fourth-order valence-electron chi connectivity index (χ4n) is 4.73. The number of likely N-dealkylation sites (N-methyl/N-ethyl adjacent to an activating group) is 1. The molecule has 1 aromatic carbocycles. The van der Waals surface area contributed by atoms with Gasteiger partial charge in [0.05, 0.1) is 6.20 Å². The third-order valence-corrected chi connectivity index (χ3v) is 5.93. The monoisotopic (exact) mass is 350 g/mol. The number of aromatic nitrogens is 2. The van der Waals surface area contributed by atoms with E-state index < -0.39 is 0 Å². The Labute approximate surface area is 155 Å². The molecule has 1 amide bonds. The van der Waals surface area contributed by atoms with Gasteiger partial charge in [0.25, 0.3) is 5.91 Å². The first kappa shape index (κ1) is 17.2. The van der Waals surface area contributed by atoms with Gasteiger partial charge in [0.2, 0.25) is 0 Å². The Morgan fingerprint density at radius 3 is 2.69 bits per heavy atom. The van der Waals surface area contributed by atoms with Crippen LogP contribution in [0.3, 0.4) is 0 Å². The number of benzene rings is 1. The van der Waals surface area contributed by atoms with Crippen molar-refractivity contribution in [3.8, 4) is 0 Å². The van der Waals surface area contributed by atoms with E-state index in [9.17, 15) is 4.79 Å². The third-order valence-electron chi connectivity index (χ3n) is 5.93. The Balaban J connectivity index is 1.66. The summed E-state index contributed by atoms with van der Waals surface area (Å²) < 4.78 is 0. The highest BCUT2D eigenvalue weighted by molar-refractivity contribution is 5.92. The summed E-state index contributed by atoms with van der Waals surface area (Å²) >= 11 is 0. The minimum atomic E-state index is 0.0231. The van der Waals surface area contributed by atoms with E-state index in [0.717, 1.165) is 32.4 Å². The van der Waals surface area contributed by atoms with Gasteiger partial charge in [-0.05, 0) is 38.4 Å². The molecule has 0 N–H and O–H groups in total. The number of hydrogen-bond donors (Lipinski definition) is 0. The Morgan fingerprint density at radius 1 is 1.08 bits per heavy atom. The molecular formula is C21H26N4O. The van der Waals surface area contributed by atoms with Crippen LogP contribution in [0.4, 0.5) is 0 Å². The number of amides is 1. The van der Waals surface area contributed by atoms with Crippen molar-refractivity contribution >= 4 is 5.91 Å². The Kier molecular flexibility index (Phi) is 4.98. The van der Waals surface area contributed by atoms with Gasteiger partial charge in [0, 0.05) is 36.9 Å². The lowest BCUT2D eigenvalue weighted by molar-refractivity contribution is 0.0313. The molecule has 136 valence electrons. The number of carbonyl (C=O) groups is 1. The number of carbonyl (C=O) groups excluding carboxylic acids is 1. The van der Waals surface area contributed by atoms with E-state index in [1.165, 1.54) is 12.0 Å². The number of nitrogens with zero attached hydrogens (tertiary/aromatic N) is 4. The first-order chi connectivity index (χ1) is 12.8. The second-order valence-corrected chi connectivity index (χ2v) is 7.43. The molecule has 5 heteroatoms. The highest BCUT2D eigenvalue weighted by Crippen LogP contribution is 2.38. The van der Waals surface area contributed by atoms with Gasteiger partial charge in [0.15, 0.2) is 0 Å². The topological polar surface area (TPSA) is 49.3 Å². The largest absolute Gasteiger partial charge is 0.333 e. The Hall–Kier alpha value is -2.27. The summed E-state index contributed by atoms with van der Waals surface area (Å²) in [5.41, 5.74) is 1.85. The molecule has 0 saturated carbocycles. The van der Waals surface area contributed by atoms with Crippen molar-refractivity contribution in [1.82, 2.24) is 19.8 Å². The molecule has 2 aromatic rings. The van der Waals surface area contributed by atoms with Gasteiger partial charge in [-0.15, -0.1) is 0 Å². The maximum absolute atomic E-state index is 13.1. The molecule has 0 radical (unpaired) electrons. The van der Waals surface area contributed by atoms with Gasteiger partial charge < -0.3 is 9.80 Å². The van der Waals surface area contributed by atoms with Crippen LogP contribution in [0.15, 0.2) is 48.9 Å². The molecule has 2 aliphatic rings. The standard InChI is InChI=1S/C21H26N4O/c1-24-13-6-5-9-19-20(24)17(16-7-3-2-4-8-16)10-14-25(19)21(26)18-15-22-11-12-23-18/h2-4,7-8,11-12,15,17,19-20H,5-6,9-10,13-14H2,1H3/t17-,19-,20-/m1/s1. The number of hydrogen-bond acceptors (Lipinski definition) is 4. The van der Waals surface area contributed by atoms with Gasteiger partial charge >= 0.3 is 0 Å². The van der Waals surface area contributed by atoms with Crippen LogP contribution in [0.1, 0.15) is 47.7 Å². The van der Waals surface area contributed by atoms with Gasteiger partial charge in [0.1, 0.15) is 5.69 Å². The molecule has 5 nitrogen and oxygen atoms in total. The van der Waals surface area contributed by atoms with Crippen LogP contribution in [-0.2, 0) is 0 Å². The maximum atomic E-state index is 13.1. The van der Waals surface area contributed by atoms with Gasteiger partial charge in [-0.25, -0.2) is 4.98 Å². The van der Waals surface area contributed by atoms with Crippen LogP contribution >= 0.6 is 0 Å². The summed E-state index contributed by atoms with van der Waals surface area (Å²) in [7, 11) is 2.22.